The van der Waals surface area contributed by atoms with Gasteiger partial charge in [-0.1, -0.05) is 74.5 Å². The second kappa shape index (κ2) is 16.3. The Labute approximate surface area is 319 Å². The number of ether oxygens (including phenoxy) is 1. The zero-order valence-corrected chi connectivity index (χ0v) is 31.4. The number of hydrogen-bond acceptors (Lipinski definition) is 7. The van der Waals surface area contributed by atoms with Gasteiger partial charge in [0.1, 0.15) is 17.5 Å². The molecule has 4 N–H and O–H groups in total. The summed E-state index contributed by atoms with van der Waals surface area (Å²) in [6, 6.07) is 21.0. The molecule has 4 atom stereocenters. The van der Waals surface area contributed by atoms with Crippen LogP contribution in [0.25, 0.3) is 33.6 Å². The van der Waals surface area contributed by atoms with Gasteiger partial charge in [-0.15, -0.1) is 0 Å². The van der Waals surface area contributed by atoms with Gasteiger partial charge in [-0.05, 0) is 74.5 Å². The number of benzene rings is 3. The fourth-order valence-electron chi connectivity index (χ4n) is 8.00. The minimum absolute atomic E-state index is 0.0945. The first-order valence-corrected chi connectivity index (χ1v) is 19.0. The van der Waals surface area contributed by atoms with Crippen LogP contribution in [-0.4, -0.2) is 84.8 Å². The molecule has 3 amide bonds. The molecule has 0 bridgehead atoms. The first-order chi connectivity index (χ1) is 26.7. The summed E-state index contributed by atoms with van der Waals surface area (Å²) >= 11 is 0. The molecule has 2 aliphatic rings. The van der Waals surface area contributed by atoms with Crippen molar-refractivity contribution in [2.24, 2.45) is 5.73 Å². The van der Waals surface area contributed by atoms with Crippen molar-refractivity contribution in [2.75, 3.05) is 26.2 Å². The highest BCUT2D eigenvalue weighted by molar-refractivity contribution is 5.85. The molecule has 13 heteroatoms. The molecule has 0 aliphatic carbocycles. The maximum Gasteiger partial charge on any atom is 0.405 e. The Morgan fingerprint density at radius 3 is 1.98 bits per heavy atom. The van der Waals surface area contributed by atoms with E-state index >= 15 is 4.39 Å². The van der Waals surface area contributed by atoms with Gasteiger partial charge in [0.25, 0.3) is 5.91 Å². The lowest BCUT2D eigenvalue weighted by Crippen LogP contribution is -2.46. The summed E-state index contributed by atoms with van der Waals surface area (Å²) in [5.74, 6) is 0.674. The normalized spacial score (nSPS) is 18.1. The molecule has 286 valence electrons. The lowest BCUT2D eigenvalue weighted by molar-refractivity contribution is -0.141. The summed E-state index contributed by atoms with van der Waals surface area (Å²) in [7, 11) is 0. The molecule has 0 radical (unpaired) electrons. The Balaban J connectivity index is 1.03. The van der Waals surface area contributed by atoms with Gasteiger partial charge >= 0.3 is 6.09 Å². The standard InChI is InChI=1S/C42H47FN8O4/c1-4-49(5-2)26(3)40(52)50-21-9-13-35(50)39-46-25-34(48-39)31-20-19-30(23-32(31)43)27-15-17-28(18-16-27)33-24-45-38(47-33)36-14-10-22-51(36)41(53)37(55-42(44)54)29-11-7-6-8-12-29/h6-8,11-12,15-20,23-26,35-37H,4-5,9-10,13-14,21-22H2,1-3H3,(H2,44,54)(H,45,47)(H,46,48)/t26-,35+,36+,37-/m1/s1. The van der Waals surface area contributed by atoms with E-state index < -0.39 is 12.2 Å². The van der Waals surface area contributed by atoms with Gasteiger partial charge in [-0.2, -0.15) is 0 Å². The summed E-state index contributed by atoms with van der Waals surface area (Å²) < 4.78 is 21.0. The lowest BCUT2D eigenvalue weighted by Gasteiger charge is -2.31. The second-order valence-corrected chi connectivity index (χ2v) is 14.1. The van der Waals surface area contributed by atoms with Gasteiger partial charge in [0.2, 0.25) is 12.0 Å². The number of likely N-dealkylation sites (tertiary alicyclic amines) is 2. The first-order valence-electron chi connectivity index (χ1n) is 19.0. The Bertz CT molecular complexity index is 2130. The predicted octanol–water partition coefficient (Wildman–Crippen LogP) is 7.17. The molecule has 55 heavy (non-hydrogen) atoms. The second-order valence-electron chi connectivity index (χ2n) is 14.1. The van der Waals surface area contributed by atoms with Crippen molar-refractivity contribution in [3.05, 3.63) is 108 Å². The number of carbonyl (C=O) groups excluding carboxylic acids is 3. The fraction of sp³-hybridized carbons (Fsp3) is 0.357. The average molecular weight is 747 g/mol. The largest absolute Gasteiger partial charge is 0.431 e. The van der Waals surface area contributed by atoms with Crippen molar-refractivity contribution in [2.45, 2.75) is 70.7 Å². The van der Waals surface area contributed by atoms with E-state index in [1.54, 1.807) is 47.6 Å². The Hall–Kier alpha value is -5.82. The van der Waals surface area contributed by atoms with E-state index in [1.807, 2.05) is 48.2 Å². The first kappa shape index (κ1) is 37.5. The van der Waals surface area contributed by atoms with Crippen LogP contribution in [-0.2, 0) is 14.3 Å². The van der Waals surface area contributed by atoms with Crippen LogP contribution in [0.4, 0.5) is 9.18 Å². The van der Waals surface area contributed by atoms with E-state index in [9.17, 15) is 14.4 Å². The van der Waals surface area contributed by atoms with Crippen LogP contribution in [0.3, 0.4) is 0 Å². The molecule has 7 rings (SSSR count). The van der Waals surface area contributed by atoms with Crippen molar-refractivity contribution >= 4 is 17.9 Å². The maximum atomic E-state index is 15.7. The molecule has 3 aromatic carbocycles. The molecule has 2 aliphatic heterocycles. The fourth-order valence-corrected chi connectivity index (χ4v) is 8.00. The number of primary amides is 1. The molecular weight excluding hydrogens is 700 g/mol. The Morgan fingerprint density at radius 1 is 0.818 bits per heavy atom. The van der Waals surface area contributed by atoms with E-state index in [0.29, 0.717) is 48.0 Å². The molecular formula is C42H47FN8O4. The van der Waals surface area contributed by atoms with Crippen LogP contribution in [0.15, 0.2) is 85.2 Å². The summed E-state index contributed by atoms with van der Waals surface area (Å²) in [4.78, 5) is 60.5. The summed E-state index contributed by atoms with van der Waals surface area (Å²) in [6.45, 7) is 8.86. The minimum Gasteiger partial charge on any atom is -0.431 e. The smallest absolute Gasteiger partial charge is 0.405 e. The number of H-pyrrole nitrogens is 2. The number of imidazole rings is 2. The molecule has 5 aromatic rings. The number of nitrogens with zero attached hydrogens (tertiary/aromatic N) is 5. The number of nitrogens with two attached hydrogens (primary N) is 1. The minimum atomic E-state index is -1.15. The highest BCUT2D eigenvalue weighted by Gasteiger charge is 2.38. The van der Waals surface area contributed by atoms with Crippen LogP contribution in [0.5, 0.6) is 0 Å². The molecule has 2 fully saturated rings. The molecule has 0 unspecified atom stereocenters. The zero-order valence-electron chi connectivity index (χ0n) is 31.4. The van der Waals surface area contributed by atoms with Crippen LogP contribution >= 0.6 is 0 Å². The van der Waals surface area contributed by atoms with Crippen LogP contribution in [0.1, 0.15) is 81.9 Å². The number of amides is 3. The van der Waals surface area contributed by atoms with E-state index in [1.165, 1.54) is 6.07 Å². The number of likely N-dealkylation sites (N-methyl/N-ethyl adjacent to an activating group) is 1. The third kappa shape index (κ3) is 7.74. The number of hydrogen-bond donors (Lipinski definition) is 3. The molecule has 0 saturated carbocycles. The lowest BCUT2D eigenvalue weighted by atomic mass is 10.0. The highest BCUT2D eigenvalue weighted by atomic mass is 19.1. The number of aromatic nitrogens is 4. The molecule has 0 spiro atoms. The number of halogens is 1. The van der Waals surface area contributed by atoms with Gasteiger partial charge in [-0.25, -0.2) is 19.2 Å². The third-order valence-electron chi connectivity index (χ3n) is 11.0. The Kier molecular flexibility index (Phi) is 11.1. The van der Waals surface area contributed by atoms with Crippen molar-refractivity contribution in [3.63, 3.8) is 0 Å². The zero-order chi connectivity index (χ0) is 38.6. The highest BCUT2D eigenvalue weighted by Crippen LogP contribution is 2.36. The van der Waals surface area contributed by atoms with E-state index in [4.69, 9.17) is 10.5 Å². The number of aromatic amines is 2. The molecule has 12 nitrogen and oxygen atoms in total. The van der Waals surface area contributed by atoms with Gasteiger partial charge in [0, 0.05) is 24.2 Å². The topological polar surface area (TPSA) is 154 Å². The van der Waals surface area contributed by atoms with Crippen molar-refractivity contribution in [1.29, 1.82) is 0 Å². The van der Waals surface area contributed by atoms with Crippen molar-refractivity contribution in [1.82, 2.24) is 34.6 Å². The van der Waals surface area contributed by atoms with Crippen molar-refractivity contribution in [3.8, 4) is 33.6 Å². The van der Waals surface area contributed by atoms with Crippen LogP contribution in [0.2, 0.25) is 0 Å². The molecule has 2 aromatic heterocycles. The molecule has 2 saturated heterocycles. The summed E-state index contributed by atoms with van der Waals surface area (Å²) in [5, 5.41) is 0. The molecule has 4 heterocycles. The third-order valence-corrected chi connectivity index (χ3v) is 11.0. The SMILES string of the molecule is CCN(CC)[C@H](C)C(=O)N1CCC[C@H]1c1ncc(-c2ccc(-c3ccc(-c4cnc([C@@H]5CCCN5C(=O)[C@H](OC(N)=O)c5ccccc5)[nH]4)cc3)cc2F)[nH]1. The van der Waals surface area contributed by atoms with Gasteiger partial charge in [0.05, 0.1) is 41.9 Å². The number of nitrogens with one attached hydrogen (secondary N) is 2. The maximum absolute atomic E-state index is 15.7. The monoisotopic (exact) mass is 746 g/mol. The summed E-state index contributed by atoms with van der Waals surface area (Å²) in [5.41, 5.74) is 10.1. The van der Waals surface area contributed by atoms with E-state index in [0.717, 1.165) is 54.7 Å². The number of carbonyl (C=O) groups is 3. The Morgan fingerprint density at radius 2 is 1.38 bits per heavy atom. The quantitative estimate of drug-likeness (QED) is 0.122. The summed E-state index contributed by atoms with van der Waals surface area (Å²) in [6.07, 6.45) is 4.39. The average Bonchev–Trinajstić information content (AvgIpc) is 4.04. The predicted molar refractivity (Wildman–Crippen MR) is 207 cm³/mol. The van der Waals surface area contributed by atoms with E-state index in [-0.39, 0.29) is 35.8 Å². The van der Waals surface area contributed by atoms with E-state index in [2.05, 4.69) is 38.7 Å². The van der Waals surface area contributed by atoms with Gasteiger partial charge in [0.15, 0.2) is 0 Å². The van der Waals surface area contributed by atoms with Crippen LogP contribution in [0, 0.1) is 5.82 Å². The number of rotatable bonds is 12. The van der Waals surface area contributed by atoms with Gasteiger partial charge < -0.3 is 30.2 Å². The van der Waals surface area contributed by atoms with Crippen molar-refractivity contribution < 1.29 is 23.5 Å². The van der Waals surface area contributed by atoms with Gasteiger partial charge in [-0.3, -0.25) is 14.5 Å². The van der Waals surface area contributed by atoms with Crippen LogP contribution < -0.4 is 5.73 Å².